The largest absolute Gasteiger partial charge is 0.495 e. The van der Waals surface area contributed by atoms with Gasteiger partial charge in [-0.05, 0) is 48.6 Å². The van der Waals surface area contributed by atoms with Crippen LogP contribution in [0, 0.1) is 6.92 Å². The fraction of sp³-hybridized carbons (Fsp3) is 0.394. The van der Waals surface area contributed by atoms with Crippen molar-refractivity contribution in [1.82, 2.24) is 10.2 Å². The molecule has 0 bridgehead atoms. The van der Waals surface area contributed by atoms with Gasteiger partial charge in [0, 0.05) is 19.0 Å². The van der Waals surface area contributed by atoms with Crippen molar-refractivity contribution in [2.24, 2.45) is 0 Å². The average Bonchev–Trinajstić information content (AvgIpc) is 2.99. The van der Waals surface area contributed by atoms with Crippen molar-refractivity contribution in [1.29, 1.82) is 0 Å². The maximum absolute atomic E-state index is 14.3. The monoisotopic (exact) mass is 591 g/mol. The van der Waals surface area contributed by atoms with Crippen LogP contribution in [0.1, 0.15) is 48.8 Å². The number of ether oxygens (including phenoxy) is 1. The fourth-order valence-electron chi connectivity index (χ4n) is 5.50. The van der Waals surface area contributed by atoms with Crippen LogP contribution < -0.4 is 14.4 Å². The number of hydrogen-bond donors (Lipinski definition) is 1. The molecule has 0 saturated heterocycles. The molecular formula is C33H41N3O5S. The number of carbonyl (C=O) groups excluding carboxylic acids is 2. The van der Waals surface area contributed by atoms with Crippen molar-refractivity contribution in [2.45, 2.75) is 64.1 Å². The Morgan fingerprint density at radius 1 is 0.929 bits per heavy atom. The molecule has 1 saturated carbocycles. The third-order valence-corrected chi connectivity index (χ3v) is 8.98. The SMILES string of the molecule is COc1ccccc1N(CC(=O)N(Cc1ccccc1C)[C@H](Cc1ccccc1)C(=O)NC1CCCCC1)S(C)(=O)=O. The van der Waals surface area contributed by atoms with Gasteiger partial charge in [0.05, 0.1) is 19.1 Å². The van der Waals surface area contributed by atoms with E-state index in [9.17, 15) is 18.0 Å². The lowest BCUT2D eigenvalue weighted by atomic mass is 9.94. The van der Waals surface area contributed by atoms with Gasteiger partial charge in [0.2, 0.25) is 21.8 Å². The number of amides is 2. The Kier molecular flexibility index (Phi) is 10.6. The first-order valence-electron chi connectivity index (χ1n) is 14.5. The Morgan fingerprint density at radius 3 is 2.24 bits per heavy atom. The summed E-state index contributed by atoms with van der Waals surface area (Å²) in [6.07, 6.45) is 6.45. The van der Waals surface area contributed by atoms with E-state index in [0.717, 1.165) is 59.4 Å². The molecular weight excluding hydrogens is 550 g/mol. The van der Waals surface area contributed by atoms with Gasteiger partial charge in [-0.1, -0.05) is 86.0 Å². The van der Waals surface area contributed by atoms with Crippen LogP contribution >= 0.6 is 0 Å². The Hall–Kier alpha value is -3.85. The third-order valence-electron chi connectivity index (χ3n) is 7.86. The number of methoxy groups -OCH3 is 1. The number of benzene rings is 3. The van der Waals surface area contributed by atoms with E-state index in [1.807, 2.05) is 61.5 Å². The van der Waals surface area contributed by atoms with Gasteiger partial charge in [0.1, 0.15) is 18.3 Å². The normalized spacial score (nSPS) is 14.5. The highest BCUT2D eigenvalue weighted by molar-refractivity contribution is 7.92. The minimum atomic E-state index is -3.88. The van der Waals surface area contributed by atoms with E-state index in [-0.39, 0.29) is 24.2 Å². The smallest absolute Gasteiger partial charge is 0.244 e. The molecule has 0 unspecified atom stereocenters. The Morgan fingerprint density at radius 2 is 1.57 bits per heavy atom. The molecule has 1 aliphatic carbocycles. The second-order valence-corrected chi connectivity index (χ2v) is 12.8. The third kappa shape index (κ3) is 8.12. The maximum Gasteiger partial charge on any atom is 0.244 e. The number of sulfonamides is 1. The molecule has 0 radical (unpaired) electrons. The molecule has 4 rings (SSSR count). The number of nitrogens with zero attached hydrogens (tertiary/aromatic N) is 2. The van der Waals surface area contributed by atoms with Crippen LogP contribution in [0.3, 0.4) is 0 Å². The van der Waals surface area contributed by atoms with Gasteiger partial charge in [0.15, 0.2) is 0 Å². The van der Waals surface area contributed by atoms with Gasteiger partial charge in [-0.2, -0.15) is 0 Å². The molecule has 1 aliphatic rings. The van der Waals surface area contributed by atoms with E-state index in [1.165, 1.54) is 7.11 Å². The maximum atomic E-state index is 14.3. The predicted octanol–water partition coefficient (Wildman–Crippen LogP) is 4.86. The molecule has 1 N–H and O–H groups in total. The molecule has 224 valence electrons. The van der Waals surface area contributed by atoms with E-state index in [4.69, 9.17) is 4.74 Å². The van der Waals surface area contributed by atoms with Gasteiger partial charge < -0.3 is 15.0 Å². The summed E-state index contributed by atoms with van der Waals surface area (Å²) in [6, 6.07) is 23.2. The molecule has 3 aromatic rings. The van der Waals surface area contributed by atoms with Gasteiger partial charge in [-0.15, -0.1) is 0 Å². The summed E-state index contributed by atoms with van der Waals surface area (Å²) in [7, 11) is -2.43. The minimum Gasteiger partial charge on any atom is -0.495 e. The lowest BCUT2D eigenvalue weighted by Gasteiger charge is -2.35. The molecule has 0 aromatic heterocycles. The average molecular weight is 592 g/mol. The van der Waals surface area contributed by atoms with Crippen LogP contribution in [-0.2, 0) is 32.6 Å². The minimum absolute atomic E-state index is 0.0565. The van der Waals surface area contributed by atoms with Gasteiger partial charge in [-0.25, -0.2) is 8.42 Å². The molecule has 42 heavy (non-hydrogen) atoms. The fourth-order valence-corrected chi connectivity index (χ4v) is 6.35. The predicted molar refractivity (Wildman–Crippen MR) is 166 cm³/mol. The van der Waals surface area contributed by atoms with Crippen molar-refractivity contribution in [3.05, 3.63) is 95.6 Å². The number of aryl methyl sites for hydroxylation is 1. The van der Waals surface area contributed by atoms with Crippen molar-refractivity contribution < 1.29 is 22.7 Å². The zero-order valence-electron chi connectivity index (χ0n) is 24.7. The molecule has 0 heterocycles. The first-order chi connectivity index (χ1) is 20.2. The Bertz CT molecular complexity index is 1460. The lowest BCUT2D eigenvalue weighted by molar-refractivity contribution is -0.140. The highest BCUT2D eigenvalue weighted by atomic mass is 32.2. The Balaban J connectivity index is 1.75. The van der Waals surface area contributed by atoms with Crippen LogP contribution in [0.5, 0.6) is 5.75 Å². The van der Waals surface area contributed by atoms with E-state index in [0.29, 0.717) is 12.2 Å². The van der Waals surface area contributed by atoms with E-state index in [2.05, 4.69) is 5.32 Å². The zero-order valence-corrected chi connectivity index (χ0v) is 25.5. The number of rotatable bonds is 12. The van der Waals surface area contributed by atoms with E-state index in [1.54, 1.807) is 29.2 Å². The number of nitrogens with one attached hydrogen (secondary N) is 1. The van der Waals surface area contributed by atoms with Crippen molar-refractivity contribution in [2.75, 3.05) is 24.2 Å². The van der Waals surface area contributed by atoms with Crippen molar-refractivity contribution in [3.63, 3.8) is 0 Å². The van der Waals surface area contributed by atoms with E-state index >= 15 is 0 Å². The van der Waals surface area contributed by atoms with E-state index < -0.39 is 28.5 Å². The van der Waals surface area contributed by atoms with Crippen LogP contribution in [0.15, 0.2) is 78.9 Å². The summed E-state index contributed by atoms with van der Waals surface area (Å²) >= 11 is 0. The highest BCUT2D eigenvalue weighted by Crippen LogP contribution is 2.30. The molecule has 3 aromatic carbocycles. The quantitative estimate of drug-likeness (QED) is 0.325. The number of carbonyl (C=O) groups is 2. The molecule has 1 atom stereocenters. The molecule has 8 nitrogen and oxygen atoms in total. The standard InChI is InChI=1S/C33H41N3O5S/c1-25-14-10-11-17-27(25)23-35(32(37)24-36(42(3,39)40)29-20-12-13-21-31(29)41-2)30(22-26-15-6-4-7-16-26)33(38)34-28-18-8-5-9-19-28/h4,6-7,10-17,20-21,28,30H,5,8-9,18-19,22-24H2,1-3H3,(H,34,38)/t30-/m1/s1. The highest BCUT2D eigenvalue weighted by Gasteiger charge is 2.34. The first-order valence-corrected chi connectivity index (χ1v) is 16.3. The zero-order chi connectivity index (χ0) is 30.1. The molecule has 2 amide bonds. The second kappa shape index (κ2) is 14.4. The molecule has 0 aliphatic heterocycles. The molecule has 1 fully saturated rings. The lowest BCUT2D eigenvalue weighted by Crippen LogP contribution is -2.55. The summed E-state index contributed by atoms with van der Waals surface area (Å²) in [4.78, 5) is 29.9. The number of anilines is 1. The van der Waals surface area contributed by atoms with Crippen molar-refractivity contribution in [3.8, 4) is 5.75 Å². The summed E-state index contributed by atoms with van der Waals surface area (Å²) in [5.74, 6) is -0.373. The second-order valence-electron chi connectivity index (χ2n) is 10.9. The van der Waals surface area contributed by atoms with Crippen molar-refractivity contribution >= 4 is 27.5 Å². The van der Waals surface area contributed by atoms with Crippen LogP contribution in [0.4, 0.5) is 5.69 Å². The Labute approximate surface area is 249 Å². The first kappa shape index (κ1) is 31.1. The van der Waals surface area contributed by atoms with Crippen LogP contribution in [-0.4, -0.2) is 57.1 Å². The summed E-state index contributed by atoms with van der Waals surface area (Å²) in [5.41, 5.74) is 3.04. The summed E-state index contributed by atoms with van der Waals surface area (Å²) in [5, 5.41) is 3.22. The van der Waals surface area contributed by atoms with Gasteiger partial charge in [-0.3, -0.25) is 13.9 Å². The molecule has 0 spiro atoms. The number of para-hydroxylation sites is 2. The van der Waals surface area contributed by atoms with Crippen LogP contribution in [0.25, 0.3) is 0 Å². The molecule has 9 heteroatoms. The topological polar surface area (TPSA) is 96.0 Å². The van der Waals surface area contributed by atoms with Gasteiger partial charge >= 0.3 is 0 Å². The summed E-state index contributed by atoms with van der Waals surface area (Å²) in [6.45, 7) is 1.64. The summed E-state index contributed by atoms with van der Waals surface area (Å²) < 4.78 is 32.6. The van der Waals surface area contributed by atoms with Gasteiger partial charge in [0.25, 0.3) is 0 Å². The van der Waals surface area contributed by atoms with Crippen LogP contribution in [0.2, 0.25) is 0 Å². The number of hydrogen-bond acceptors (Lipinski definition) is 5.